The van der Waals surface area contributed by atoms with Crippen LogP contribution in [0, 0.1) is 0 Å². The van der Waals surface area contributed by atoms with Gasteiger partial charge in [0.05, 0.1) is 11.8 Å². The van der Waals surface area contributed by atoms with E-state index in [-0.39, 0.29) is 30.4 Å². The molecule has 2 aliphatic rings. The summed E-state index contributed by atoms with van der Waals surface area (Å²) < 4.78 is 11.6. The molecule has 1 atom stereocenters. The van der Waals surface area contributed by atoms with Gasteiger partial charge < -0.3 is 14.6 Å². The molecule has 0 unspecified atom stereocenters. The van der Waals surface area contributed by atoms with E-state index in [2.05, 4.69) is 10.1 Å². The van der Waals surface area contributed by atoms with Gasteiger partial charge in [-0.15, -0.1) is 0 Å². The van der Waals surface area contributed by atoms with Crippen molar-refractivity contribution in [3.8, 4) is 17.4 Å². The number of nitrogens with zero attached hydrogens (tertiary/aromatic N) is 3. The van der Waals surface area contributed by atoms with E-state index in [4.69, 9.17) is 9.47 Å². The van der Waals surface area contributed by atoms with Gasteiger partial charge in [0.25, 0.3) is 5.56 Å². The molecule has 3 heterocycles. The van der Waals surface area contributed by atoms with Crippen molar-refractivity contribution < 1.29 is 19.4 Å². The zero-order valence-corrected chi connectivity index (χ0v) is 14.6. The molecule has 1 aromatic heterocycles. The molecule has 140 valence electrons. The molecule has 0 saturated carbocycles. The van der Waals surface area contributed by atoms with Crippen LogP contribution in [0.2, 0.25) is 0 Å². The van der Waals surface area contributed by atoms with Crippen molar-refractivity contribution in [2.24, 2.45) is 12.1 Å². The fraction of sp³-hybridized carbons (Fsp3) is 0.294. The highest BCUT2D eigenvalue weighted by atomic mass is 16.7. The lowest BCUT2D eigenvalue weighted by atomic mass is 9.99. The summed E-state index contributed by atoms with van der Waals surface area (Å²) in [6.07, 6.45) is 0.189. The highest BCUT2D eigenvalue weighted by Crippen LogP contribution is 2.39. The van der Waals surface area contributed by atoms with Crippen LogP contribution in [0.4, 0.5) is 0 Å². The summed E-state index contributed by atoms with van der Waals surface area (Å²) in [4.78, 5) is 38.1. The number of hydrogen-bond donors (Lipinski definition) is 2. The number of benzene rings is 1. The second-order valence-electron chi connectivity index (χ2n) is 6.26. The number of amides is 1. The molecule has 0 saturated heterocycles. The topological polar surface area (TPSA) is 126 Å². The molecule has 0 radical (unpaired) electrons. The number of ether oxygens (including phenoxy) is 2. The van der Waals surface area contributed by atoms with Crippen molar-refractivity contribution in [2.45, 2.75) is 19.4 Å². The van der Waals surface area contributed by atoms with Crippen LogP contribution in [0.15, 0.2) is 32.9 Å². The Morgan fingerprint density at radius 2 is 2.04 bits per heavy atom. The van der Waals surface area contributed by atoms with Crippen molar-refractivity contribution in [2.75, 3.05) is 6.79 Å². The van der Waals surface area contributed by atoms with Gasteiger partial charge in [-0.25, -0.2) is 9.80 Å². The molecule has 10 heteroatoms. The average molecular weight is 372 g/mol. The van der Waals surface area contributed by atoms with Gasteiger partial charge in [0, 0.05) is 20.4 Å². The van der Waals surface area contributed by atoms with Crippen LogP contribution in [0.1, 0.15) is 30.5 Å². The van der Waals surface area contributed by atoms with Gasteiger partial charge in [0.2, 0.25) is 18.6 Å². The number of hydrogen-bond acceptors (Lipinski definition) is 7. The number of carbonyl (C=O) groups excluding carboxylic acids is 1. The van der Waals surface area contributed by atoms with Gasteiger partial charge in [0.15, 0.2) is 11.5 Å². The standard InChI is InChI=1S/C17H16N4O6/c1-8(22)21-11(9-3-4-12-13(5-9)27-7-26-12)6-10(19-21)14-15(23)18-17(25)20(2)16(14)24/h3-5,11,24H,6-7H2,1-2H3,(H,18,23,25)/t11-/m0/s1. The smallest absolute Gasteiger partial charge is 0.330 e. The third kappa shape index (κ3) is 2.65. The largest absolute Gasteiger partial charge is 0.494 e. The Morgan fingerprint density at radius 3 is 2.78 bits per heavy atom. The van der Waals surface area contributed by atoms with Gasteiger partial charge in [-0.05, 0) is 17.7 Å². The quantitative estimate of drug-likeness (QED) is 0.776. The fourth-order valence-electron chi connectivity index (χ4n) is 3.20. The van der Waals surface area contributed by atoms with Gasteiger partial charge >= 0.3 is 5.69 Å². The maximum absolute atomic E-state index is 12.2. The van der Waals surface area contributed by atoms with E-state index in [0.29, 0.717) is 11.5 Å². The fourth-order valence-corrected chi connectivity index (χ4v) is 3.20. The summed E-state index contributed by atoms with van der Waals surface area (Å²) in [6, 6.07) is 4.80. The molecular weight excluding hydrogens is 356 g/mol. The van der Waals surface area contributed by atoms with E-state index in [0.717, 1.165) is 10.1 Å². The predicted molar refractivity (Wildman–Crippen MR) is 92.9 cm³/mol. The Hall–Kier alpha value is -3.56. The van der Waals surface area contributed by atoms with Crippen LogP contribution in [-0.4, -0.2) is 38.1 Å². The lowest BCUT2D eigenvalue weighted by Crippen LogP contribution is -2.32. The van der Waals surface area contributed by atoms with Gasteiger partial charge in [-0.3, -0.25) is 19.1 Å². The van der Waals surface area contributed by atoms with E-state index >= 15 is 0 Å². The van der Waals surface area contributed by atoms with E-state index in [1.807, 2.05) is 0 Å². The van der Waals surface area contributed by atoms with Crippen molar-refractivity contribution in [1.29, 1.82) is 0 Å². The summed E-state index contributed by atoms with van der Waals surface area (Å²) in [5, 5.41) is 15.7. The third-order valence-corrected chi connectivity index (χ3v) is 4.60. The van der Waals surface area contributed by atoms with Crippen molar-refractivity contribution in [3.63, 3.8) is 0 Å². The minimum atomic E-state index is -0.760. The summed E-state index contributed by atoms with van der Waals surface area (Å²) in [7, 11) is 1.32. The Labute approximate surface area is 152 Å². The highest BCUT2D eigenvalue weighted by molar-refractivity contribution is 6.04. The number of hydrazone groups is 1. The number of aromatic hydroxyl groups is 1. The molecule has 2 aliphatic heterocycles. The van der Waals surface area contributed by atoms with E-state index in [9.17, 15) is 19.5 Å². The first kappa shape index (κ1) is 16.9. The van der Waals surface area contributed by atoms with Crippen molar-refractivity contribution >= 4 is 11.6 Å². The molecule has 1 aromatic carbocycles. The number of rotatable bonds is 2. The molecule has 10 nitrogen and oxygen atoms in total. The van der Waals surface area contributed by atoms with Crippen molar-refractivity contribution in [3.05, 3.63) is 50.2 Å². The first-order valence-electron chi connectivity index (χ1n) is 8.16. The van der Waals surface area contributed by atoms with Crippen LogP contribution >= 0.6 is 0 Å². The summed E-state index contributed by atoms with van der Waals surface area (Å²) in [5.74, 6) is 0.345. The molecule has 4 rings (SSSR count). The Kier molecular flexibility index (Phi) is 3.76. The number of H-pyrrole nitrogens is 1. The predicted octanol–water partition coefficient (Wildman–Crippen LogP) is 0.205. The molecule has 2 aromatic rings. The Bertz CT molecular complexity index is 1100. The second-order valence-corrected chi connectivity index (χ2v) is 6.26. The highest BCUT2D eigenvalue weighted by Gasteiger charge is 2.35. The zero-order valence-electron chi connectivity index (χ0n) is 14.6. The van der Waals surface area contributed by atoms with Crippen LogP contribution in [0.25, 0.3) is 0 Å². The van der Waals surface area contributed by atoms with Gasteiger partial charge in [0.1, 0.15) is 5.56 Å². The summed E-state index contributed by atoms with van der Waals surface area (Å²) >= 11 is 0. The number of carbonyl (C=O) groups is 1. The molecule has 0 bridgehead atoms. The normalized spacial score (nSPS) is 17.9. The van der Waals surface area contributed by atoms with Crippen LogP contribution in [-0.2, 0) is 11.8 Å². The van der Waals surface area contributed by atoms with Gasteiger partial charge in [-0.2, -0.15) is 5.10 Å². The molecule has 2 N–H and O–H groups in total. The number of nitrogens with one attached hydrogen (secondary N) is 1. The lowest BCUT2D eigenvalue weighted by molar-refractivity contribution is -0.130. The molecule has 0 aliphatic carbocycles. The summed E-state index contributed by atoms with van der Waals surface area (Å²) in [6.45, 7) is 1.49. The van der Waals surface area contributed by atoms with Crippen LogP contribution in [0.3, 0.4) is 0 Å². The first-order valence-corrected chi connectivity index (χ1v) is 8.16. The van der Waals surface area contributed by atoms with E-state index in [1.165, 1.54) is 19.0 Å². The number of fused-ring (bicyclic) bond motifs is 1. The Balaban J connectivity index is 1.77. The van der Waals surface area contributed by atoms with E-state index in [1.54, 1.807) is 18.2 Å². The van der Waals surface area contributed by atoms with E-state index < -0.39 is 23.2 Å². The molecule has 0 spiro atoms. The van der Waals surface area contributed by atoms with Crippen LogP contribution < -0.4 is 20.7 Å². The van der Waals surface area contributed by atoms with Crippen LogP contribution in [0.5, 0.6) is 17.4 Å². The maximum Gasteiger partial charge on any atom is 0.330 e. The molecule has 0 fully saturated rings. The maximum atomic E-state index is 12.2. The second kappa shape index (κ2) is 6.01. The summed E-state index contributed by atoms with van der Waals surface area (Å²) in [5.41, 5.74) is -0.678. The third-order valence-electron chi connectivity index (χ3n) is 4.60. The minimum absolute atomic E-state index is 0.128. The lowest BCUT2D eigenvalue weighted by Gasteiger charge is -2.20. The average Bonchev–Trinajstić information content (AvgIpc) is 3.26. The monoisotopic (exact) mass is 372 g/mol. The van der Waals surface area contributed by atoms with Gasteiger partial charge in [-0.1, -0.05) is 6.07 Å². The SMILES string of the molecule is CC(=O)N1N=C(c2c(O)n(C)c(=O)[nH]c2=O)C[C@H]1c1ccc2c(c1)OCO2. The number of aromatic amines is 1. The first-order chi connectivity index (χ1) is 12.9. The van der Waals surface area contributed by atoms with Crippen molar-refractivity contribution in [1.82, 2.24) is 14.6 Å². The molecular formula is C17H16N4O6. The molecule has 1 amide bonds. The zero-order chi connectivity index (χ0) is 19.3. The Morgan fingerprint density at radius 1 is 1.30 bits per heavy atom. The minimum Gasteiger partial charge on any atom is -0.494 e. The number of aromatic nitrogens is 2. The molecule has 27 heavy (non-hydrogen) atoms.